The zero-order chi connectivity index (χ0) is 10.7. The van der Waals surface area contributed by atoms with Crippen LogP contribution in [0.3, 0.4) is 0 Å². The molecule has 1 aliphatic rings. The van der Waals surface area contributed by atoms with Crippen molar-refractivity contribution in [2.24, 2.45) is 0 Å². The molecule has 0 aromatic heterocycles. The van der Waals surface area contributed by atoms with Crippen LogP contribution in [0, 0.1) is 0 Å². The molecule has 0 aromatic rings. The summed E-state index contributed by atoms with van der Waals surface area (Å²) in [6.07, 6.45) is -2.21. The zero-order valence-corrected chi connectivity index (χ0v) is 8.46. The van der Waals surface area contributed by atoms with Crippen LogP contribution < -0.4 is 0 Å². The maximum absolute atomic E-state index is 10.5. The predicted octanol–water partition coefficient (Wildman–Crippen LogP) is -1.08. The second-order valence-electron chi connectivity index (χ2n) is 2.83. The lowest BCUT2D eigenvalue weighted by Crippen LogP contribution is -2.36. The maximum atomic E-state index is 10.5. The van der Waals surface area contributed by atoms with Gasteiger partial charge in [0.05, 0.1) is 6.61 Å². The number of aliphatic hydroxyl groups is 1. The van der Waals surface area contributed by atoms with Gasteiger partial charge < -0.3 is 14.6 Å². The molecule has 0 saturated carbocycles. The molecule has 78 valence electrons. The van der Waals surface area contributed by atoms with Crippen LogP contribution in [0.25, 0.3) is 0 Å². The number of hydrogen-bond donors (Lipinski definition) is 2. The minimum atomic E-state index is -2.77. The van der Waals surface area contributed by atoms with Gasteiger partial charge in [-0.1, -0.05) is 0 Å². The largest absolute Gasteiger partial charge is 0.695 e. The van der Waals surface area contributed by atoms with Crippen molar-refractivity contribution in [2.75, 3.05) is 13.7 Å². The van der Waals surface area contributed by atoms with Gasteiger partial charge >= 0.3 is 8.25 Å². The van der Waals surface area contributed by atoms with Crippen molar-refractivity contribution < 1.29 is 28.6 Å². The van der Waals surface area contributed by atoms with Crippen LogP contribution in [0.2, 0.25) is 0 Å². The number of methoxy groups -OCH3 is 1. The maximum Gasteiger partial charge on any atom is 0.695 e. The fraction of sp³-hybridized carbons (Fsp3) is 1.00. The van der Waals surface area contributed by atoms with Crippen LogP contribution in [-0.2, 0) is 18.6 Å². The van der Waals surface area contributed by atoms with Gasteiger partial charge in [-0.2, -0.15) is 0 Å². The lowest BCUT2D eigenvalue weighted by molar-refractivity contribution is -0.00212. The first-order chi connectivity index (χ1) is 6.60. The van der Waals surface area contributed by atoms with E-state index < -0.39 is 32.6 Å². The van der Waals surface area contributed by atoms with E-state index in [2.05, 4.69) is 4.52 Å². The van der Waals surface area contributed by atoms with Gasteiger partial charge in [0.25, 0.3) is 0 Å². The Kier molecular flexibility index (Phi) is 4.44. The van der Waals surface area contributed by atoms with Crippen molar-refractivity contribution >= 4 is 16.1 Å². The summed E-state index contributed by atoms with van der Waals surface area (Å²) in [5, 5.41) is 8.89. The van der Waals surface area contributed by atoms with Crippen LogP contribution in [0.15, 0.2) is 0 Å². The highest BCUT2D eigenvalue weighted by Gasteiger charge is 2.47. The Balaban J connectivity index is 2.68. The Labute approximate surface area is 83.5 Å². The molecule has 5 unspecified atom stereocenters. The lowest BCUT2D eigenvalue weighted by Gasteiger charge is -2.15. The smallest absolute Gasteiger partial charge is 0.394 e. The summed E-state index contributed by atoms with van der Waals surface area (Å²) < 4.78 is 25.1. The van der Waals surface area contributed by atoms with Gasteiger partial charge in [-0.25, -0.2) is 0 Å². The Hall–Kier alpha value is -0.0351. The van der Waals surface area contributed by atoms with Gasteiger partial charge in [0.1, 0.15) is 20.1 Å². The van der Waals surface area contributed by atoms with E-state index in [9.17, 15) is 4.57 Å². The zero-order valence-electron chi connectivity index (χ0n) is 7.57. The minimum absolute atomic E-state index is 0.346. The molecular formula is C6H11BO6P+. The van der Waals surface area contributed by atoms with Crippen LogP contribution in [0.1, 0.15) is 0 Å². The molecule has 5 atom stereocenters. The number of aliphatic hydroxyl groups excluding tert-OH is 1. The van der Waals surface area contributed by atoms with Crippen molar-refractivity contribution in [1.82, 2.24) is 0 Å². The predicted molar refractivity (Wildman–Crippen MR) is 47.0 cm³/mol. The van der Waals surface area contributed by atoms with Crippen LogP contribution >= 0.6 is 8.25 Å². The summed E-state index contributed by atoms with van der Waals surface area (Å²) in [6.45, 7) is -0.346. The first-order valence-electron chi connectivity index (χ1n) is 3.97. The van der Waals surface area contributed by atoms with Crippen molar-refractivity contribution in [3.05, 3.63) is 0 Å². The van der Waals surface area contributed by atoms with Crippen molar-refractivity contribution in [3.63, 3.8) is 0 Å². The van der Waals surface area contributed by atoms with Gasteiger partial charge in [-0.15, -0.1) is 9.42 Å². The first-order valence-corrected chi connectivity index (χ1v) is 5.10. The van der Waals surface area contributed by atoms with Crippen LogP contribution in [0.4, 0.5) is 0 Å². The van der Waals surface area contributed by atoms with E-state index in [-0.39, 0.29) is 6.61 Å². The third-order valence-electron chi connectivity index (χ3n) is 2.01. The summed E-state index contributed by atoms with van der Waals surface area (Å²) in [7, 11) is 4.12. The summed E-state index contributed by atoms with van der Waals surface area (Å²) in [5.74, 6) is 0. The van der Waals surface area contributed by atoms with Gasteiger partial charge in [0.2, 0.25) is 0 Å². The third-order valence-corrected chi connectivity index (χ3v) is 2.43. The molecule has 1 aliphatic heterocycles. The van der Waals surface area contributed by atoms with Gasteiger partial charge in [0, 0.05) is 17.7 Å². The van der Waals surface area contributed by atoms with Crippen LogP contribution in [0.5, 0.6) is 0 Å². The molecule has 14 heavy (non-hydrogen) atoms. The average Bonchev–Trinajstić information content (AvgIpc) is 2.41. The Morgan fingerprint density at radius 1 is 1.57 bits per heavy atom. The second kappa shape index (κ2) is 5.16. The highest BCUT2D eigenvalue weighted by atomic mass is 31.1. The SMILES string of the molecule is [B]C1OC(CO)C(O[P+](=O)O)C1OC. The van der Waals surface area contributed by atoms with E-state index in [1.807, 2.05) is 0 Å². The molecule has 0 bridgehead atoms. The molecule has 0 aliphatic carbocycles. The molecule has 2 N–H and O–H groups in total. The normalized spacial score (nSPS) is 38.6. The molecular weight excluding hydrogens is 210 g/mol. The molecule has 1 heterocycles. The van der Waals surface area contributed by atoms with E-state index in [1.54, 1.807) is 0 Å². The second-order valence-corrected chi connectivity index (χ2v) is 3.52. The highest BCUT2D eigenvalue weighted by molar-refractivity contribution is 7.32. The summed E-state index contributed by atoms with van der Waals surface area (Å²) in [4.78, 5) is 8.58. The fourth-order valence-electron chi connectivity index (χ4n) is 1.40. The quantitative estimate of drug-likeness (QED) is 0.464. The molecule has 6 nitrogen and oxygen atoms in total. The lowest BCUT2D eigenvalue weighted by atomic mass is 9.93. The minimum Gasteiger partial charge on any atom is -0.394 e. The molecule has 0 aromatic carbocycles. The summed E-state index contributed by atoms with van der Waals surface area (Å²) >= 11 is 0. The third kappa shape index (κ3) is 2.50. The van der Waals surface area contributed by atoms with Gasteiger partial charge in [-0.05, 0) is 0 Å². The van der Waals surface area contributed by atoms with E-state index in [4.69, 9.17) is 27.3 Å². The van der Waals surface area contributed by atoms with Crippen molar-refractivity contribution in [3.8, 4) is 0 Å². The van der Waals surface area contributed by atoms with Crippen molar-refractivity contribution in [2.45, 2.75) is 24.3 Å². The Morgan fingerprint density at radius 3 is 2.64 bits per heavy atom. The van der Waals surface area contributed by atoms with E-state index in [0.717, 1.165) is 0 Å². The van der Waals surface area contributed by atoms with Gasteiger partial charge in [0.15, 0.2) is 6.10 Å². The van der Waals surface area contributed by atoms with Crippen molar-refractivity contribution in [1.29, 1.82) is 0 Å². The molecule has 8 heteroatoms. The Bertz CT molecular complexity index is 214. The summed E-state index contributed by atoms with van der Waals surface area (Å²) in [5.41, 5.74) is 0. The molecule has 1 rings (SSSR count). The molecule has 1 fully saturated rings. The van der Waals surface area contributed by atoms with Crippen LogP contribution in [-0.4, -0.2) is 55.9 Å². The van der Waals surface area contributed by atoms with E-state index >= 15 is 0 Å². The Morgan fingerprint density at radius 2 is 2.21 bits per heavy atom. The fourth-order valence-corrected chi connectivity index (χ4v) is 1.87. The number of hydrogen-bond acceptors (Lipinski definition) is 5. The van der Waals surface area contributed by atoms with E-state index in [1.165, 1.54) is 7.11 Å². The summed E-state index contributed by atoms with van der Waals surface area (Å²) in [6, 6.07) is -0.767. The number of ether oxygens (including phenoxy) is 2. The topological polar surface area (TPSA) is 85.2 Å². The molecule has 2 radical (unpaired) electrons. The molecule has 0 amide bonds. The standard InChI is InChI=1S/C6H10BO6P/c1-11-5-4(13-14(9)10)3(2-8)12-6(5)7/h3-6,8H,2H2,1H3/p+1. The first kappa shape index (κ1) is 12.0. The molecule has 1 saturated heterocycles. The number of rotatable bonds is 4. The monoisotopic (exact) mass is 221 g/mol. The van der Waals surface area contributed by atoms with E-state index in [0.29, 0.717) is 0 Å². The molecule has 0 spiro atoms. The highest BCUT2D eigenvalue weighted by Crippen LogP contribution is 2.31. The average molecular weight is 221 g/mol. The van der Waals surface area contributed by atoms with Gasteiger partial charge in [-0.3, -0.25) is 0 Å².